The second-order valence-electron chi connectivity index (χ2n) is 5.83. The molecule has 2 heterocycles. The van der Waals surface area contributed by atoms with Gasteiger partial charge < -0.3 is 0 Å². The fourth-order valence-corrected chi connectivity index (χ4v) is 4.09. The third-order valence-electron chi connectivity index (χ3n) is 3.93. The van der Waals surface area contributed by atoms with Gasteiger partial charge in [0.05, 0.1) is 22.5 Å². The fraction of sp³-hybridized carbons (Fsp3) is 0.0500. The lowest BCUT2D eigenvalue weighted by atomic mass is 10.2. The zero-order valence-electron chi connectivity index (χ0n) is 14.0. The summed E-state index contributed by atoms with van der Waals surface area (Å²) in [4.78, 5) is 23.8. The molecule has 27 heavy (non-hydrogen) atoms. The summed E-state index contributed by atoms with van der Waals surface area (Å²) in [5, 5.41) is 1.73. The molecule has 4 aromatic rings. The van der Waals surface area contributed by atoms with E-state index in [-0.39, 0.29) is 5.91 Å². The van der Waals surface area contributed by atoms with Crippen LogP contribution in [0.4, 0.5) is 5.13 Å². The molecule has 7 heteroatoms. The molecular weight excluding hydrogens is 401 g/mol. The van der Waals surface area contributed by atoms with E-state index in [2.05, 4.69) is 9.97 Å². The molecule has 4 rings (SSSR count). The van der Waals surface area contributed by atoms with Crippen molar-refractivity contribution in [3.63, 3.8) is 0 Å². The first-order chi connectivity index (χ1) is 13.1. The smallest absolute Gasteiger partial charge is 0.260 e. The number of hydrogen-bond donors (Lipinski definition) is 0. The number of carbonyl (C=O) groups is 1. The Morgan fingerprint density at radius 1 is 1.00 bits per heavy atom. The Morgan fingerprint density at radius 2 is 1.85 bits per heavy atom. The molecule has 0 bridgehead atoms. The molecule has 0 aliphatic carbocycles. The van der Waals surface area contributed by atoms with E-state index in [9.17, 15) is 4.79 Å². The highest BCUT2D eigenvalue weighted by Gasteiger charge is 2.22. The first kappa shape index (κ1) is 17.9. The standard InChI is InChI=1S/C20H13Cl2N3OS/c21-14-5-3-4-13(10-14)19(26)25(12-16-6-1-2-9-23-16)20-24-17-8-7-15(22)11-18(17)27-20/h1-11H,12H2. The Labute approximate surface area is 170 Å². The first-order valence-electron chi connectivity index (χ1n) is 8.13. The molecule has 4 nitrogen and oxygen atoms in total. The quantitative estimate of drug-likeness (QED) is 0.421. The largest absolute Gasteiger partial charge is 0.278 e. The van der Waals surface area contributed by atoms with E-state index in [4.69, 9.17) is 23.2 Å². The minimum atomic E-state index is -0.187. The van der Waals surface area contributed by atoms with E-state index >= 15 is 0 Å². The summed E-state index contributed by atoms with van der Waals surface area (Å²) < 4.78 is 0.919. The van der Waals surface area contributed by atoms with Crippen LogP contribution in [0, 0.1) is 0 Å². The molecule has 0 N–H and O–H groups in total. The molecule has 0 aliphatic rings. The van der Waals surface area contributed by atoms with Gasteiger partial charge in [0.1, 0.15) is 0 Å². The van der Waals surface area contributed by atoms with Crippen LogP contribution in [0.3, 0.4) is 0 Å². The predicted molar refractivity (Wildman–Crippen MR) is 111 cm³/mol. The fourth-order valence-electron chi connectivity index (χ4n) is 2.66. The third-order valence-corrected chi connectivity index (χ3v) is 5.44. The highest BCUT2D eigenvalue weighted by Crippen LogP contribution is 2.32. The van der Waals surface area contributed by atoms with Gasteiger partial charge in [0.15, 0.2) is 5.13 Å². The number of anilines is 1. The molecule has 0 fully saturated rings. The van der Waals surface area contributed by atoms with E-state index in [1.54, 1.807) is 41.4 Å². The molecule has 0 spiro atoms. The van der Waals surface area contributed by atoms with E-state index in [0.29, 0.717) is 27.3 Å². The number of aromatic nitrogens is 2. The minimum Gasteiger partial charge on any atom is -0.278 e. The number of rotatable bonds is 4. The summed E-state index contributed by atoms with van der Waals surface area (Å²) in [6.45, 7) is 0.305. The Kier molecular flexibility index (Phi) is 5.07. The Hall–Kier alpha value is -2.47. The van der Waals surface area contributed by atoms with Crippen LogP contribution in [0.5, 0.6) is 0 Å². The van der Waals surface area contributed by atoms with Crippen LogP contribution in [0.1, 0.15) is 16.1 Å². The minimum absolute atomic E-state index is 0.187. The number of halogens is 2. The first-order valence-corrected chi connectivity index (χ1v) is 9.71. The maximum absolute atomic E-state index is 13.2. The molecule has 0 unspecified atom stereocenters. The summed E-state index contributed by atoms with van der Waals surface area (Å²) >= 11 is 13.6. The van der Waals surface area contributed by atoms with Crippen LogP contribution in [0.2, 0.25) is 10.0 Å². The summed E-state index contributed by atoms with van der Waals surface area (Å²) in [7, 11) is 0. The van der Waals surface area contributed by atoms with E-state index in [1.165, 1.54) is 11.3 Å². The normalized spacial score (nSPS) is 10.9. The zero-order valence-corrected chi connectivity index (χ0v) is 16.3. The monoisotopic (exact) mass is 413 g/mol. The van der Waals surface area contributed by atoms with Crippen molar-refractivity contribution >= 4 is 55.8 Å². The second kappa shape index (κ2) is 7.64. The Balaban J connectivity index is 1.77. The number of pyridine rings is 1. The number of hydrogen-bond acceptors (Lipinski definition) is 4. The summed E-state index contributed by atoms with van der Waals surface area (Å²) in [5.74, 6) is -0.187. The SMILES string of the molecule is O=C(c1cccc(Cl)c1)N(Cc1ccccn1)c1nc2ccc(Cl)cc2s1. The van der Waals surface area contributed by atoms with Crippen molar-refractivity contribution in [3.05, 3.63) is 88.2 Å². The van der Waals surface area contributed by atoms with Gasteiger partial charge in [-0.15, -0.1) is 0 Å². The average Bonchev–Trinajstić information content (AvgIpc) is 3.09. The summed E-state index contributed by atoms with van der Waals surface area (Å²) in [6.07, 6.45) is 1.70. The molecule has 1 amide bonds. The van der Waals surface area contributed by atoms with Gasteiger partial charge in [0.25, 0.3) is 5.91 Å². The molecule has 0 aliphatic heterocycles. The maximum atomic E-state index is 13.2. The maximum Gasteiger partial charge on any atom is 0.260 e. The van der Waals surface area contributed by atoms with E-state index in [0.717, 1.165) is 15.9 Å². The number of amides is 1. The Bertz CT molecular complexity index is 1110. The van der Waals surface area contributed by atoms with Gasteiger partial charge in [-0.1, -0.05) is 46.7 Å². The van der Waals surface area contributed by atoms with Gasteiger partial charge >= 0.3 is 0 Å². The molecule has 2 aromatic carbocycles. The van der Waals surface area contributed by atoms with Gasteiger partial charge in [0, 0.05) is 21.8 Å². The van der Waals surface area contributed by atoms with Crippen molar-refractivity contribution in [2.75, 3.05) is 4.90 Å². The third kappa shape index (κ3) is 3.95. The second-order valence-corrected chi connectivity index (χ2v) is 7.71. The van der Waals surface area contributed by atoms with E-state index in [1.807, 2.05) is 30.3 Å². The van der Waals surface area contributed by atoms with Gasteiger partial charge in [-0.25, -0.2) is 4.98 Å². The summed E-state index contributed by atoms with van der Waals surface area (Å²) in [6, 6.07) is 18.0. The molecule has 134 valence electrons. The van der Waals surface area contributed by atoms with E-state index < -0.39 is 0 Å². The van der Waals surface area contributed by atoms with Crippen molar-refractivity contribution in [3.8, 4) is 0 Å². The molecule has 0 saturated carbocycles. The summed E-state index contributed by atoms with van der Waals surface area (Å²) in [5.41, 5.74) is 2.06. The lowest BCUT2D eigenvalue weighted by Gasteiger charge is -2.19. The van der Waals surface area contributed by atoms with Gasteiger partial charge in [-0.2, -0.15) is 0 Å². The van der Waals surface area contributed by atoms with Crippen molar-refractivity contribution in [1.29, 1.82) is 0 Å². The van der Waals surface area contributed by atoms with Crippen LogP contribution < -0.4 is 4.90 Å². The van der Waals surface area contributed by atoms with Crippen molar-refractivity contribution < 1.29 is 4.79 Å². The van der Waals surface area contributed by atoms with Gasteiger partial charge in [-0.3, -0.25) is 14.7 Å². The van der Waals surface area contributed by atoms with Crippen molar-refractivity contribution in [2.45, 2.75) is 6.54 Å². The predicted octanol–water partition coefficient (Wildman–Crippen LogP) is 5.85. The highest BCUT2D eigenvalue weighted by molar-refractivity contribution is 7.22. The van der Waals surface area contributed by atoms with Crippen LogP contribution in [-0.4, -0.2) is 15.9 Å². The van der Waals surface area contributed by atoms with Crippen LogP contribution >= 0.6 is 34.5 Å². The van der Waals surface area contributed by atoms with Crippen molar-refractivity contribution in [1.82, 2.24) is 9.97 Å². The number of benzene rings is 2. The molecular formula is C20H13Cl2N3OS. The molecule has 0 saturated heterocycles. The number of carbonyl (C=O) groups excluding carboxylic acids is 1. The van der Waals surface area contributed by atoms with Crippen LogP contribution in [0.25, 0.3) is 10.2 Å². The molecule has 0 atom stereocenters. The zero-order chi connectivity index (χ0) is 18.8. The number of nitrogens with zero attached hydrogens (tertiary/aromatic N) is 3. The van der Waals surface area contributed by atoms with Gasteiger partial charge in [-0.05, 0) is 48.5 Å². The lowest BCUT2D eigenvalue weighted by Crippen LogP contribution is -2.30. The lowest BCUT2D eigenvalue weighted by molar-refractivity contribution is 0.0985. The van der Waals surface area contributed by atoms with Crippen LogP contribution in [0.15, 0.2) is 66.9 Å². The molecule has 0 radical (unpaired) electrons. The Morgan fingerprint density at radius 3 is 2.63 bits per heavy atom. The highest BCUT2D eigenvalue weighted by atomic mass is 35.5. The number of thiazole rings is 1. The average molecular weight is 414 g/mol. The molecule has 2 aromatic heterocycles. The number of fused-ring (bicyclic) bond motifs is 1. The van der Waals surface area contributed by atoms with Gasteiger partial charge in [0.2, 0.25) is 0 Å². The van der Waals surface area contributed by atoms with Crippen molar-refractivity contribution in [2.24, 2.45) is 0 Å². The van der Waals surface area contributed by atoms with Crippen LogP contribution in [-0.2, 0) is 6.54 Å². The topological polar surface area (TPSA) is 46.1 Å².